The second-order valence-electron chi connectivity index (χ2n) is 26.8. The number of methoxy groups -OCH3 is 1. The lowest BCUT2D eigenvalue weighted by Crippen LogP contribution is -2.15. The van der Waals surface area contributed by atoms with E-state index < -0.39 is 52.9 Å². The molecule has 4 N–H and O–H groups in total. The third kappa shape index (κ3) is 20.0. The van der Waals surface area contributed by atoms with Crippen molar-refractivity contribution >= 4 is 102 Å². The third-order valence-corrected chi connectivity index (χ3v) is 19.4. The van der Waals surface area contributed by atoms with Gasteiger partial charge >= 0.3 is 24.7 Å². The molecule has 0 aliphatic heterocycles. The Bertz CT molecular complexity index is 6110. The lowest BCUT2D eigenvalue weighted by Gasteiger charge is -2.08. The highest BCUT2D eigenvalue weighted by molar-refractivity contribution is 7.08. The molecule has 0 spiro atoms. The molecule has 604 valence electrons. The number of nitrogens with zero attached hydrogens (tertiary/aromatic N) is 10. The number of hydrogen-bond donors (Lipinski definition) is 4. The molecule has 0 saturated carbocycles. The Kier molecular flexibility index (Phi) is 24.6. The van der Waals surface area contributed by atoms with E-state index in [2.05, 4.69) is 51.9 Å². The predicted molar refractivity (Wildman–Crippen MR) is 428 cm³/mol. The molecular weight excluding hydrogens is 1580 g/mol. The molecule has 0 aliphatic carbocycles. The second-order valence-corrected chi connectivity index (χ2v) is 27.5. The highest BCUT2D eigenvalue weighted by Crippen LogP contribution is 2.36. The molecule has 0 bridgehead atoms. The Morgan fingerprint density at radius 2 is 0.613 bits per heavy atom. The van der Waals surface area contributed by atoms with Gasteiger partial charge in [-0.05, 0) is 169 Å². The van der Waals surface area contributed by atoms with E-state index in [1.54, 1.807) is 65.9 Å². The molecule has 0 radical (unpaired) electrons. The quantitative estimate of drug-likeness (QED) is 0.0628. The molecule has 0 unspecified atom stereocenters. The van der Waals surface area contributed by atoms with E-state index in [1.165, 1.54) is 79.2 Å². The van der Waals surface area contributed by atoms with E-state index in [9.17, 15) is 71.9 Å². The molecule has 119 heavy (non-hydrogen) atoms. The van der Waals surface area contributed by atoms with Gasteiger partial charge in [-0.25, -0.2) is 0 Å². The van der Waals surface area contributed by atoms with Gasteiger partial charge in [0.1, 0.15) is 5.75 Å². The van der Waals surface area contributed by atoms with Crippen LogP contribution in [0.25, 0.3) is 43.6 Å². The Morgan fingerprint density at radius 1 is 0.336 bits per heavy atom. The van der Waals surface area contributed by atoms with Crippen LogP contribution in [0.15, 0.2) is 272 Å². The van der Waals surface area contributed by atoms with Crippen molar-refractivity contribution in [3.63, 3.8) is 0 Å². The van der Waals surface area contributed by atoms with Crippen molar-refractivity contribution in [1.82, 2.24) is 49.3 Å². The molecule has 0 saturated heterocycles. The predicted octanol–water partition coefficient (Wildman–Crippen LogP) is 20.9. The summed E-state index contributed by atoms with van der Waals surface area (Å²) in [6.45, 7) is 4.78. The zero-order chi connectivity index (χ0) is 84.3. The largest absolute Gasteiger partial charge is 0.495 e. The SMILES string of the molecule is COc1cscc1C(=O)Nc1nn(Cc2ccc(C(F)(F)F)cc2)c2ccccc12.Cc1ccccc1C(=O)Nc1nn(Cc2ccc(C(F)(F)F)cc2)c2ccccc12.Cc1ccccc1C(=O)Nc1nn(Cc2ccc(C(F)(F)F)cc2)c2ccccc12.O=C(Nc1nn(Cc2ccc(C(F)(F)F)cc2)c2ccccc12)c1cccnn1. The summed E-state index contributed by atoms with van der Waals surface area (Å²) in [6, 6.07) is 66.8. The fourth-order valence-corrected chi connectivity index (χ4v) is 13.4. The summed E-state index contributed by atoms with van der Waals surface area (Å²) < 4.78 is 165. The number of ether oxygens (including phenoxy) is 1. The van der Waals surface area contributed by atoms with Gasteiger partial charge in [0.2, 0.25) is 0 Å². The van der Waals surface area contributed by atoms with Gasteiger partial charge in [0.05, 0.1) is 83.2 Å². The molecule has 4 amide bonds. The number of rotatable bonds is 17. The molecular formula is C87H66F12N14O5S. The number of para-hydroxylation sites is 4. The first-order valence-corrected chi connectivity index (χ1v) is 37.1. The number of aromatic nitrogens is 10. The second kappa shape index (κ2) is 35.4. The van der Waals surface area contributed by atoms with Crippen molar-refractivity contribution in [3.8, 4) is 5.75 Å². The lowest BCUT2D eigenvalue weighted by atomic mass is 10.1. The van der Waals surface area contributed by atoms with Gasteiger partial charge < -0.3 is 26.0 Å². The third-order valence-electron chi connectivity index (χ3n) is 18.7. The summed E-state index contributed by atoms with van der Waals surface area (Å²) in [7, 11) is 1.49. The van der Waals surface area contributed by atoms with Crippen LogP contribution in [-0.2, 0) is 50.9 Å². The maximum Gasteiger partial charge on any atom is 0.416 e. The molecule has 32 heteroatoms. The van der Waals surface area contributed by atoms with Gasteiger partial charge in [-0.15, -0.1) is 16.4 Å². The van der Waals surface area contributed by atoms with Crippen LogP contribution in [0.2, 0.25) is 0 Å². The summed E-state index contributed by atoms with van der Waals surface area (Å²) in [5.74, 6) is 0.665. The van der Waals surface area contributed by atoms with Gasteiger partial charge in [-0.1, -0.05) is 133 Å². The molecule has 19 nitrogen and oxygen atoms in total. The fourth-order valence-electron chi connectivity index (χ4n) is 12.6. The minimum atomic E-state index is -4.38. The number of halogens is 12. The van der Waals surface area contributed by atoms with Crippen LogP contribution in [0.5, 0.6) is 5.75 Å². The number of amides is 4. The molecule has 6 aromatic heterocycles. The number of hydrogen-bond acceptors (Lipinski definition) is 12. The van der Waals surface area contributed by atoms with E-state index in [1.807, 2.05) is 129 Å². The zero-order valence-corrected chi connectivity index (χ0v) is 63.6. The van der Waals surface area contributed by atoms with Gasteiger partial charge in [0.25, 0.3) is 23.6 Å². The standard InChI is InChI=1S/2C23H18F3N3O.C21H16F3N3O2S.C20H14F3N5O/c2*1-15-6-2-3-7-18(15)22(30)27-21-19-8-4-5-9-20(19)29(28-21)14-16-10-12-17(13-11-16)23(24,25)26;1-29-18-12-30-11-16(18)20(28)25-19-15-4-2-3-5-17(15)27(26-19)10-13-6-8-14(9-7-13)21(22,23)24;21-20(22,23)14-9-7-13(8-10-14)12-28-17-6-2-1-4-15(17)18(27-28)25-19(29)16-5-3-11-24-26-16/h2*2-13H,14H2,1H3,(H,27,28,30);2-9,11-12H,10H2,1H3,(H,25,26,28);1-11H,12H2,(H,25,27,29). The highest BCUT2D eigenvalue weighted by Gasteiger charge is 2.34. The van der Waals surface area contributed by atoms with E-state index in [0.29, 0.717) is 73.4 Å². The fraction of sp³-hybridized carbons (Fsp3) is 0.126. The molecule has 0 aliphatic rings. The highest BCUT2D eigenvalue weighted by atomic mass is 32.1. The van der Waals surface area contributed by atoms with Crippen LogP contribution in [0.1, 0.15) is 97.2 Å². The lowest BCUT2D eigenvalue weighted by molar-refractivity contribution is -0.138. The van der Waals surface area contributed by atoms with Crippen molar-refractivity contribution in [1.29, 1.82) is 0 Å². The Morgan fingerprint density at radius 3 is 0.891 bits per heavy atom. The Labute approximate surface area is 673 Å². The van der Waals surface area contributed by atoms with Crippen molar-refractivity contribution in [3.05, 3.63) is 350 Å². The minimum absolute atomic E-state index is 0.147. The number of benzene rings is 10. The summed E-state index contributed by atoms with van der Waals surface area (Å²) in [5.41, 5.74) is 6.28. The number of fused-ring (bicyclic) bond motifs is 4. The van der Waals surface area contributed by atoms with E-state index in [4.69, 9.17) is 4.74 Å². The van der Waals surface area contributed by atoms with Gasteiger partial charge in [0.15, 0.2) is 29.0 Å². The zero-order valence-electron chi connectivity index (χ0n) is 62.8. The van der Waals surface area contributed by atoms with Crippen LogP contribution >= 0.6 is 11.3 Å². The maximum atomic E-state index is 12.8. The first kappa shape index (κ1) is 82.7. The van der Waals surface area contributed by atoms with Crippen LogP contribution in [0, 0.1) is 13.8 Å². The average Bonchev–Trinajstić information content (AvgIpc) is 1.66. The van der Waals surface area contributed by atoms with Gasteiger partial charge in [0, 0.05) is 49.6 Å². The molecule has 16 aromatic rings. The smallest absolute Gasteiger partial charge is 0.416 e. The first-order chi connectivity index (χ1) is 56.9. The molecule has 0 atom stereocenters. The number of alkyl halides is 12. The van der Waals surface area contributed by atoms with E-state index >= 15 is 0 Å². The number of aryl methyl sites for hydroxylation is 2. The number of anilines is 4. The number of carbonyl (C=O) groups excluding carboxylic acids is 4. The maximum absolute atomic E-state index is 12.8. The topological polar surface area (TPSA) is 223 Å². The Balaban J connectivity index is 0.000000137. The van der Waals surface area contributed by atoms with Crippen LogP contribution in [0.4, 0.5) is 76.0 Å². The summed E-state index contributed by atoms with van der Waals surface area (Å²) in [5, 5.41) is 43.0. The van der Waals surface area contributed by atoms with Crippen molar-refractivity contribution < 1.29 is 76.6 Å². The Hall–Kier alpha value is -14.3. The number of nitrogens with one attached hydrogen (secondary N) is 4. The summed E-state index contributed by atoms with van der Waals surface area (Å²) >= 11 is 1.35. The minimum Gasteiger partial charge on any atom is -0.495 e. The van der Waals surface area contributed by atoms with Gasteiger partial charge in [-0.3, -0.25) is 37.9 Å². The molecule has 16 rings (SSSR count). The first-order valence-electron chi connectivity index (χ1n) is 36.2. The number of carbonyl (C=O) groups is 4. The van der Waals surface area contributed by atoms with Crippen molar-refractivity contribution in [2.24, 2.45) is 0 Å². The number of thiophene rings is 1. The van der Waals surface area contributed by atoms with Crippen molar-refractivity contribution in [2.75, 3.05) is 28.4 Å². The van der Waals surface area contributed by atoms with Gasteiger partial charge in [-0.2, -0.15) is 78.2 Å². The average molecular weight is 1650 g/mol. The van der Waals surface area contributed by atoms with E-state index in [0.717, 1.165) is 97.9 Å². The molecule has 6 heterocycles. The molecule has 0 fully saturated rings. The summed E-state index contributed by atoms with van der Waals surface area (Å²) in [4.78, 5) is 50.5. The monoisotopic (exact) mass is 1650 g/mol. The van der Waals surface area contributed by atoms with Crippen LogP contribution in [0.3, 0.4) is 0 Å². The van der Waals surface area contributed by atoms with Crippen molar-refractivity contribution in [2.45, 2.75) is 64.7 Å². The van der Waals surface area contributed by atoms with Crippen LogP contribution in [-0.4, -0.2) is 80.1 Å². The summed E-state index contributed by atoms with van der Waals surface area (Å²) in [6.07, 6.45) is -16.0. The van der Waals surface area contributed by atoms with Crippen LogP contribution < -0.4 is 26.0 Å². The van der Waals surface area contributed by atoms with E-state index in [-0.39, 0.29) is 49.6 Å². The normalized spacial score (nSPS) is 11.6. The molecule has 10 aromatic carbocycles.